The van der Waals surface area contributed by atoms with E-state index in [0.29, 0.717) is 0 Å². The molecule has 1 rings (SSSR count). The molecule has 0 aromatic heterocycles. The maximum absolute atomic E-state index is 11.8. The highest BCUT2D eigenvalue weighted by Gasteiger charge is 2.16. The molecule has 0 aliphatic heterocycles. The van der Waals surface area contributed by atoms with Crippen molar-refractivity contribution in [2.45, 2.75) is 13.8 Å². The fraction of sp³-hybridized carbons (Fsp3) is 0.167. The van der Waals surface area contributed by atoms with E-state index in [9.17, 15) is 19.7 Å². The molecule has 1 aromatic carbocycles. The molecule has 0 saturated heterocycles. The lowest BCUT2D eigenvalue weighted by Crippen LogP contribution is -2.10. The third kappa shape index (κ3) is 2.84. The van der Waals surface area contributed by atoms with Crippen LogP contribution in [0.4, 0.5) is 5.69 Å². The average molecular weight is 233 g/mol. The second kappa shape index (κ2) is 5.16. The molecule has 0 atom stereocenters. The minimum absolute atomic E-state index is 0.0823. The molecule has 0 amide bonds. The number of nitro benzene ring substituents is 1. The van der Waals surface area contributed by atoms with Gasteiger partial charge in [-0.2, -0.15) is 0 Å². The minimum atomic E-state index is -0.546. The zero-order chi connectivity index (χ0) is 13.0. The molecule has 88 valence electrons. The standard InChI is InChI=1S/C12H11NO4/c1-3-11(8(2)14)12(15)9-4-6-10(7-5-9)13(16)17/h3-7H,1-2H3/b11-3+. The molecule has 0 saturated carbocycles. The highest BCUT2D eigenvalue weighted by molar-refractivity contribution is 6.25. The fourth-order valence-electron chi connectivity index (χ4n) is 1.38. The van der Waals surface area contributed by atoms with Crippen molar-refractivity contribution in [3.05, 3.63) is 51.6 Å². The number of nitrogens with zero attached hydrogens (tertiary/aromatic N) is 1. The van der Waals surface area contributed by atoms with E-state index in [2.05, 4.69) is 0 Å². The number of non-ortho nitro benzene ring substituents is 1. The summed E-state index contributed by atoms with van der Waals surface area (Å²) >= 11 is 0. The van der Waals surface area contributed by atoms with Crippen molar-refractivity contribution in [2.75, 3.05) is 0 Å². The first-order valence-electron chi connectivity index (χ1n) is 4.93. The molecular formula is C12H11NO4. The van der Waals surface area contributed by atoms with Gasteiger partial charge in [-0.1, -0.05) is 6.08 Å². The van der Waals surface area contributed by atoms with Crippen LogP contribution in [0.5, 0.6) is 0 Å². The Hall–Kier alpha value is -2.30. The maximum Gasteiger partial charge on any atom is 0.269 e. The lowest BCUT2D eigenvalue weighted by Gasteiger charge is -2.01. The van der Waals surface area contributed by atoms with Crippen molar-refractivity contribution in [1.29, 1.82) is 0 Å². The Morgan fingerprint density at radius 3 is 2.12 bits per heavy atom. The first kappa shape index (κ1) is 12.8. The van der Waals surface area contributed by atoms with Gasteiger partial charge < -0.3 is 0 Å². The van der Waals surface area contributed by atoms with Crippen LogP contribution in [0, 0.1) is 10.1 Å². The predicted octanol–water partition coefficient (Wildman–Crippen LogP) is 2.31. The molecule has 1 aromatic rings. The number of hydrogen-bond donors (Lipinski definition) is 0. The van der Waals surface area contributed by atoms with Crippen LogP contribution in [0.1, 0.15) is 24.2 Å². The smallest absolute Gasteiger partial charge is 0.269 e. The van der Waals surface area contributed by atoms with Gasteiger partial charge in [-0.05, 0) is 26.0 Å². The van der Waals surface area contributed by atoms with Crippen molar-refractivity contribution in [3.8, 4) is 0 Å². The molecule has 0 unspecified atom stereocenters. The van der Waals surface area contributed by atoms with E-state index >= 15 is 0 Å². The zero-order valence-electron chi connectivity index (χ0n) is 9.47. The van der Waals surface area contributed by atoms with E-state index in [1.165, 1.54) is 37.3 Å². The second-order valence-electron chi connectivity index (χ2n) is 3.39. The van der Waals surface area contributed by atoms with Crippen LogP contribution in [-0.4, -0.2) is 16.5 Å². The van der Waals surface area contributed by atoms with Crippen molar-refractivity contribution in [2.24, 2.45) is 0 Å². The molecule has 17 heavy (non-hydrogen) atoms. The molecule has 5 nitrogen and oxygen atoms in total. The fourth-order valence-corrected chi connectivity index (χ4v) is 1.38. The number of Topliss-reactive ketones (excluding diaryl/α,β-unsaturated/α-hetero) is 2. The Balaban J connectivity index is 3.06. The third-order valence-electron chi connectivity index (χ3n) is 2.25. The van der Waals surface area contributed by atoms with E-state index < -0.39 is 10.7 Å². The largest absolute Gasteiger partial charge is 0.294 e. The molecule has 0 heterocycles. The zero-order valence-corrected chi connectivity index (χ0v) is 9.47. The highest BCUT2D eigenvalue weighted by Crippen LogP contribution is 2.15. The monoisotopic (exact) mass is 233 g/mol. The van der Waals surface area contributed by atoms with Gasteiger partial charge in [0.25, 0.3) is 5.69 Å². The molecule has 5 heteroatoms. The number of carbonyl (C=O) groups excluding carboxylic acids is 2. The van der Waals surface area contributed by atoms with Crippen LogP contribution >= 0.6 is 0 Å². The van der Waals surface area contributed by atoms with Gasteiger partial charge in [0.2, 0.25) is 0 Å². The van der Waals surface area contributed by atoms with Gasteiger partial charge in [0.1, 0.15) is 0 Å². The van der Waals surface area contributed by atoms with Gasteiger partial charge in [-0.15, -0.1) is 0 Å². The molecule has 0 aliphatic rings. The van der Waals surface area contributed by atoms with Crippen LogP contribution in [0.25, 0.3) is 0 Å². The molecular weight excluding hydrogens is 222 g/mol. The van der Waals surface area contributed by atoms with Gasteiger partial charge in [0.05, 0.1) is 10.5 Å². The average Bonchev–Trinajstić information content (AvgIpc) is 2.29. The van der Waals surface area contributed by atoms with Crippen molar-refractivity contribution < 1.29 is 14.5 Å². The molecule has 0 fully saturated rings. The van der Waals surface area contributed by atoms with Gasteiger partial charge in [-0.3, -0.25) is 19.7 Å². The van der Waals surface area contributed by atoms with E-state index in [0.717, 1.165) is 0 Å². The van der Waals surface area contributed by atoms with Crippen LogP contribution < -0.4 is 0 Å². The number of ketones is 2. The van der Waals surface area contributed by atoms with Crippen LogP contribution in [0.15, 0.2) is 35.9 Å². The van der Waals surface area contributed by atoms with E-state index in [4.69, 9.17) is 0 Å². The van der Waals surface area contributed by atoms with E-state index in [-0.39, 0.29) is 22.6 Å². The topological polar surface area (TPSA) is 77.3 Å². The molecule has 0 N–H and O–H groups in total. The van der Waals surface area contributed by atoms with Crippen molar-refractivity contribution >= 4 is 17.3 Å². The van der Waals surface area contributed by atoms with Gasteiger partial charge in [0.15, 0.2) is 11.6 Å². The van der Waals surface area contributed by atoms with Crippen LogP contribution in [-0.2, 0) is 4.79 Å². The number of nitro groups is 1. The number of allylic oxidation sites excluding steroid dienone is 2. The number of hydrogen-bond acceptors (Lipinski definition) is 4. The normalized spacial score (nSPS) is 11.1. The van der Waals surface area contributed by atoms with Crippen LogP contribution in [0.2, 0.25) is 0 Å². The summed E-state index contributed by atoms with van der Waals surface area (Å²) in [5.41, 5.74) is 0.254. The SMILES string of the molecule is C/C=C(\C(C)=O)C(=O)c1ccc([N+](=O)[O-])cc1. The second-order valence-corrected chi connectivity index (χ2v) is 3.39. The summed E-state index contributed by atoms with van der Waals surface area (Å²) in [5, 5.41) is 10.4. The minimum Gasteiger partial charge on any atom is -0.294 e. The number of benzene rings is 1. The first-order valence-corrected chi connectivity index (χ1v) is 4.93. The lowest BCUT2D eigenvalue weighted by atomic mass is 10.0. The number of carbonyl (C=O) groups is 2. The quantitative estimate of drug-likeness (QED) is 0.200. The van der Waals surface area contributed by atoms with Crippen molar-refractivity contribution in [1.82, 2.24) is 0 Å². The summed E-state index contributed by atoms with van der Waals surface area (Å²) in [6.45, 7) is 2.90. The Bertz CT molecular complexity index is 500. The summed E-state index contributed by atoms with van der Waals surface area (Å²) in [5.74, 6) is -0.745. The number of rotatable bonds is 4. The Kier molecular flexibility index (Phi) is 3.87. The summed E-state index contributed by atoms with van der Waals surface area (Å²) in [6, 6.07) is 5.15. The van der Waals surface area contributed by atoms with Crippen LogP contribution in [0.3, 0.4) is 0 Å². The molecule has 0 radical (unpaired) electrons. The first-order chi connectivity index (χ1) is 7.97. The molecule has 0 spiro atoms. The Morgan fingerprint density at radius 1 is 1.24 bits per heavy atom. The molecule has 0 aliphatic carbocycles. The summed E-state index contributed by atoms with van der Waals surface area (Å²) in [6.07, 6.45) is 1.44. The summed E-state index contributed by atoms with van der Waals surface area (Å²) in [7, 11) is 0. The molecule has 0 bridgehead atoms. The maximum atomic E-state index is 11.8. The van der Waals surface area contributed by atoms with Gasteiger partial charge >= 0.3 is 0 Å². The third-order valence-corrected chi connectivity index (χ3v) is 2.25. The van der Waals surface area contributed by atoms with E-state index in [1.54, 1.807) is 6.92 Å². The predicted molar refractivity (Wildman–Crippen MR) is 61.9 cm³/mol. The van der Waals surface area contributed by atoms with Gasteiger partial charge in [0, 0.05) is 17.7 Å². The Labute approximate surface area is 97.9 Å². The van der Waals surface area contributed by atoms with E-state index in [1.807, 2.05) is 0 Å². The Morgan fingerprint density at radius 2 is 1.76 bits per heavy atom. The van der Waals surface area contributed by atoms with Gasteiger partial charge in [-0.25, -0.2) is 0 Å². The lowest BCUT2D eigenvalue weighted by molar-refractivity contribution is -0.384. The van der Waals surface area contributed by atoms with Crippen molar-refractivity contribution in [3.63, 3.8) is 0 Å². The highest BCUT2D eigenvalue weighted by atomic mass is 16.6. The summed E-state index contributed by atoms with van der Waals surface area (Å²) < 4.78 is 0. The summed E-state index contributed by atoms with van der Waals surface area (Å²) in [4.78, 5) is 32.9.